The van der Waals surface area contributed by atoms with Crippen molar-refractivity contribution >= 4 is 18.1 Å². The number of aryl methyl sites for hydroxylation is 1. The highest BCUT2D eigenvalue weighted by Gasteiger charge is 2.27. The minimum Gasteiger partial charge on any atom is -0.478 e. The van der Waals surface area contributed by atoms with E-state index in [1.54, 1.807) is 0 Å². The number of carboxylic acids is 1. The largest absolute Gasteiger partial charge is 0.478 e. The zero-order valence-corrected chi connectivity index (χ0v) is 13.5. The molecule has 1 N–H and O–H groups in total. The smallest absolute Gasteiger partial charge is 0.339 e. The quantitative estimate of drug-likeness (QED) is 0.917. The minimum absolute atomic E-state index is 0.0231. The minimum atomic E-state index is -0.994. The van der Waals surface area contributed by atoms with Gasteiger partial charge in [-0.15, -0.1) is 0 Å². The monoisotopic (exact) mass is 312 g/mol. The van der Waals surface area contributed by atoms with E-state index in [0.29, 0.717) is 17.4 Å². The third-order valence-corrected chi connectivity index (χ3v) is 4.04. The second-order valence-electron chi connectivity index (χ2n) is 6.20. The van der Waals surface area contributed by atoms with E-state index < -0.39 is 5.97 Å². The predicted molar refractivity (Wildman–Crippen MR) is 87.2 cm³/mol. The molecule has 23 heavy (non-hydrogen) atoms. The van der Waals surface area contributed by atoms with Crippen LogP contribution in [0.1, 0.15) is 71.7 Å². The average Bonchev–Trinajstić information content (AvgIpc) is 3.28. The van der Waals surface area contributed by atoms with Crippen molar-refractivity contribution in [2.24, 2.45) is 7.05 Å². The van der Waals surface area contributed by atoms with Gasteiger partial charge in [-0.1, -0.05) is 13.8 Å². The summed E-state index contributed by atoms with van der Waals surface area (Å²) in [6.45, 7) is 3.85. The van der Waals surface area contributed by atoms with Crippen molar-refractivity contribution in [3.05, 3.63) is 40.7 Å². The highest BCUT2D eigenvalue weighted by atomic mass is 16.4. The number of hydrogen-bond donors (Lipinski definition) is 1. The number of aromatic carboxylic acids is 1. The molecule has 1 fully saturated rings. The van der Waals surface area contributed by atoms with E-state index in [1.165, 1.54) is 24.6 Å². The van der Waals surface area contributed by atoms with Crippen molar-refractivity contribution < 1.29 is 9.90 Å². The van der Waals surface area contributed by atoms with Crippen LogP contribution < -0.4 is 0 Å². The lowest BCUT2D eigenvalue weighted by Crippen LogP contribution is -2.08. The van der Waals surface area contributed by atoms with Gasteiger partial charge in [0, 0.05) is 18.8 Å². The molecule has 120 valence electrons. The van der Waals surface area contributed by atoms with E-state index in [-0.39, 0.29) is 11.5 Å². The topological polar surface area (TPSA) is 80.9 Å². The number of carboxylic acid groups (broad SMARTS) is 1. The maximum absolute atomic E-state index is 11.2. The number of aromatic nitrogens is 4. The van der Waals surface area contributed by atoms with Crippen LogP contribution in [0, 0.1) is 0 Å². The van der Waals surface area contributed by atoms with Crippen molar-refractivity contribution in [3.63, 3.8) is 0 Å². The zero-order chi connectivity index (χ0) is 16.6. The summed E-state index contributed by atoms with van der Waals surface area (Å²) in [6, 6.07) is 0. The van der Waals surface area contributed by atoms with E-state index in [2.05, 4.69) is 15.1 Å². The Kier molecular flexibility index (Phi) is 3.98. The molecule has 3 rings (SSSR count). The Labute approximate surface area is 134 Å². The van der Waals surface area contributed by atoms with Gasteiger partial charge < -0.3 is 5.11 Å². The van der Waals surface area contributed by atoms with E-state index in [4.69, 9.17) is 0 Å². The van der Waals surface area contributed by atoms with Gasteiger partial charge >= 0.3 is 5.97 Å². The summed E-state index contributed by atoms with van der Waals surface area (Å²) < 4.78 is 1.85. The summed E-state index contributed by atoms with van der Waals surface area (Å²) in [5, 5.41) is 13.5. The predicted octanol–water partition coefficient (Wildman–Crippen LogP) is 3.08. The Morgan fingerprint density at radius 2 is 2.09 bits per heavy atom. The van der Waals surface area contributed by atoms with Crippen molar-refractivity contribution in [1.29, 1.82) is 0 Å². The van der Waals surface area contributed by atoms with E-state index in [9.17, 15) is 9.90 Å². The fourth-order valence-corrected chi connectivity index (χ4v) is 2.62. The lowest BCUT2D eigenvalue weighted by molar-refractivity contribution is 0.0694. The molecule has 1 saturated carbocycles. The molecule has 2 aromatic rings. The summed E-state index contributed by atoms with van der Waals surface area (Å²) in [6.07, 6.45) is 9.52. The molecular formula is C17H20N4O2. The van der Waals surface area contributed by atoms with Crippen LogP contribution in [-0.4, -0.2) is 30.8 Å². The summed E-state index contributed by atoms with van der Waals surface area (Å²) in [5.41, 5.74) is 3.04. The summed E-state index contributed by atoms with van der Waals surface area (Å²) in [5.74, 6) is 0.161. The molecule has 1 aliphatic carbocycles. The van der Waals surface area contributed by atoms with Crippen molar-refractivity contribution in [3.8, 4) is 0 Å². The van der Waals surface area contributed by atoms with E-state index in [0.717, 1.165) is 5.69 Å². The normalized spacial score (nSPS) is 14.8. The molecule has 0 radical (unpaired) electrons. The molecule has 2 heterocycles. The Morgan fingerprint density at radius 1 is 1.35 bits per heavy atom. The van der Waals surface area contributed by atoms with Gasteiger partial charge in [-0.2, -0.15) is 5.10 Å². The molecule has 0 bridgehead atoms. The summed E-state index contributed by atoms with van der Waals surface area (Å²) in [7, 11) is 1.92. The fraction of sp³-hybridized carbons (Fsp3) is 0.412. The summed E-state index contributed by atoms with van der Waals surface area (Å²) >= 11 is 0. The SMILES string of the molecule is CC(C)c1nc(/C=C/c2c(C3CC3)cnn2C)ncc1C(=O)O. The van der Waals surface area contributed by atoms with Gasteiger partial charge in [-0.05, 0) is 36.8 Å². The van der Waals surface area contributed by atoms with Crippen LogP contribution in [0.2, 0.25) is 0 Å². The van der Waals surface area contributed by atoms with Gasteiger partial charge in [0.25, 0.3) is 0 Å². The molecular weight excluding hydrogens is 292 g/mol. The van der Waals surface area contributed by atoms with Gasteiger partial charge in [-0.25, -0.2) is 14.8 Å². The molecule has 2 aromatic heterocycles. The first-order valence-corrected chi connectivity index (χ1v) is 7.77. The molecule has 0 saturated heterocycles. The van der Waals surface area contributed by atoms with Gasteiger partial charge in [-0.3, -0.25) is 4.68 Å². The maximum atomic E-state index is 11.2. The van der Waals surface area contributed by atoms with Crippen molar-refractivity contribution in [2.45, 2.75) is 38.5 Å². The van der Waals surface area contributed by atoms with Crippen LogP contribution in [0.5, 0.6) is 0 Å². The van der Waals surface area contributed by atoms with Crippen LogP contribution in [0.15, 0.2) is 12.4 Å². The molecule has 0 aromatic carbocycles. The molecule has 0 unspecified atom stereocenters. The maximum Gasteiger partial charge on any atom is 0.339 e. The highest BCUT2D eigenvalue weighted by molar-refractivity contribution is 5.88. The highest BCUT2D eigenvalue weighted by Crippen LogP contribution is 2.41. The molecule has 1 aliphatic rings. The lowest BCUT2D eigenvalue weighted by Gasteiger charge is -2.08. The Hall–Kier alpha value is -2.50. The van der Waals surface area contributed by atoms with Crippen LogP contribution in [0.4, 0.5) is 0 Å². The standard InChI is InChI=1S/C17H20N4O2/c1-10(2)16-13(17(22)23)8-18-15(20-16)7-6-14-12(11-4-5-11)9-19-21(14)3/h6-11H,4-5H2,1-3H3,(H,22,23)/b7-6+. The van der Waals surface area contributed by atoms with Crippen molar-refractivity contribution in [2.75, 3.05) is 0 Å². The van der Waals surface area contributed by atoms with Crippen LogP contribution >= 0.6 is 0 Å². The van der Waals surface area contributed by atoms with Gasteiger partial charge in [0.15, 0.2) is 5.82 Å². The fourth-order valence-electron chi connectivity index (χ4n) is 2.62. The second kappa shape index (κ2) is 5.95. The third kappa shape index (κ3) is 3.16. The van der Waals surface area contributed by atoms with Gasteiger partial charge in [0.05, 0.1) is 23.1 Å². The Balaban J connectivity index is 1.92. The first kappa shape index (κ1) is 15.4. The van der Waals surface area contributed by atoms with E-state index >= 15 is 0 Å². The van der Waals surface area contributed by atoms with Crippen LogP contribution in [0.3, 0.4) is 0 Å². The average molecular weight is 312 g/mol. The van der Waals surface area contributed by atoms with Gasteiger partial charge in [0.2, 0.25) is 0 Å². The molecule has 6 nitrogen and oxygen atoms in total. The lowest BCUT2D eigenvalue weighted by atomic mass is 10.1. The first-order valence-electron chi connectivity index (χ1n) is 7.77. The van der Waals surface area contributed by atoms with E-state index in [1.807, 2.05) is 43.9 Å². The number of rotatable bonds is 5. The molecule has 0 atom stereocenters. The second-order valence-corrected chi connectivity index (χ2v) is 6.20. The number of carbonyl (C=O) groups is 1. The molecule has 0 spiro atoms. The molecule has 0 amide bonds. The number of nitrogens with zero attached hydrogens (tertiary/aromatic N) is 4. The Morgan fingerprint density at radius 3 is 2.70 bits per heavy atom. The number of hydrogen-bond acceptors (Lipinski definition) is 4. The third-order valence-electron chi connectivity index (χ3n) is 4.04. The summed E-state index contributed by atoms with van der Waals surface area (Å²) in [4.78, 5) is 19.8. The molecule has 6 heteroatoms. The first-order chi connectivity index (χ1) is 11.0. The zero-order valence-electron chi connectivity index (χ0n) is 13.5. The van der Waals surface area contributed by atoms with Crippen LogP contribution in [-0.2, 0) is 7.05 Å². The Bertz CT molecular complexity index is 773. The van der Waals surface area contributed by atoms with Crippen molar-refractivity contribution in [1.82, 2.24) is 19.7 Å². The molecule has 0 aliphatic heterocycles. The van der Waals surface area contributed by atoms with Crippen LogP contribution in [0.25, 0.3) is 12.2 Å². The van der Waals surface area contributed by atoms with Gasteiger partial charge in [0.1, 0.15) is 0 Å².